The van der Waals surface area contributed by atoms with E-state index in [-0.39, 0.29) is 26.1 Å². The first-order chi connectivity index (χ1) is 51.0. The summed E-state index contributed by atoms with van der Waals surface area (Å²) in [5, 5.41) is 0. The molecule has 0 heterocycles. The first-order valence-electron chi connectivity index (χ1n) is 40.7. The van der Waals surface area contributed by atoms with Gasteiger partial charge in [-0.2, -0.15) is 0 Å². The van der Waals surface area contributed by atoms with Gasteiger partial charge in [0.15, 0.2) is 6.10 Å². The van der Waals surface area contributed by atoms with E-state index in [1.54, 1.807) is 0 Å². The first-order valence-corrected chi connectivity index (χ1v) is 42.2. The molecular formula is C94H148NO8P. The van der Waals surface area contributed by atoms with Crippen LogP contribution in [0.5, 0.6) is 0 Å². The molecule has 0 spiro atoms. The van der Waals surface area contributed by atoms with Crippen molar-refractivity contribution in [1.82, 2.24) is 0 Å². The van der Waals surface area contributed by atoms with E-state index >= 15 is 0 Å². The highest BCUT2D eigenvalue weighted by molar-refractivity contribution is 7.45. The molecule has 10 heteroatoms. The average Bonchev–Trinajstić information content (AvgIpc) is 0.920. The Kier molecular flexibility index (Phi) is 76.1. The van der Waals surface area contributed by atoms with Crippen LogP contribution in [-0.4, -0.2) is 70.0 Å². The minimum atomic E-state index is -4.67. The summed E-state index contributed by atoms with van der Waals surface area (Å²) in [7, 11) is 1.13. The van der Waals surface area contributed by atoms with Crippen molar-refractivity contribution in [3.05, 3.63) is 243 Å². The number of unbranched alkanes of at least 4 members (excludes halogenated alkanes) is 18. The van der Waals surface area contributed by atoms with Crippen molar-refractivity contribution < 1.29 is 42.1 Å². The molecule has 582 valence electrons. The molecule has 2 atom stereocenters. The SMILES string of the molecule is CC/C=C\C/C=C\C/C=C\C/C=C\C/C=C\C/C=C\C/C=C\C/C=C\C/C=C\C/C=C\CCCCCCCCCCCCC(=O)OC(COC(=O)CCCCCCCCCC/C=C\C/C=C\C/C=C\C/C=C\C/C=C\C/C=C\C/C=C\C/C=C\C/C=C\C/C=C\CC)COP(=O)([O-])OCC[N+](C)(C)C. The monoisotopic (exact) mass is 1450 g/mol. The van der Waals surface area contributed by atoms with E-state index in [2.05, 4.69) is 257 Å². The van der Waals surface area contributed by atoms with Crippen molar-refractivity contribution in [1.29, 1.82) is 0 Å². The van der Waals surface area contributed by atoms with Crippen LogP contribution in [-0.2, 0) is 32.7 Å². The second-order valence-electron chi connectivity index (χ2n) is 27.3. The van der Waals surface area contributed by atoms with Crippen molar-refractivity contribution in [2.24, 2.45) is 0 Å². The smallest absolute Gasteiger partial charge is 0.306 e. The lowest BCUT2D eigenvalue weighted by Gasteiger charge is -2.28. The van der Waals surface area contributed by atoms with E-state index in [9.17, 15) is 19.0 Å². The van der Waals surface area contributed by atoms with Gasteiger partial charge in [-0.25, -0.2) is 0 Å². The van der Waals surface area contributed by atoms with E-state index in [1.807, 2.05) is 21.1 Å². The summed E-state index contributed by atoms with van der Waals surface area (Å²) in [6.45, 7) is 3.98. The Labute approximate surface area is 638 Å². The largest absolute Gasteiger partial charge is 0.756 e. The van der Waals surface area contributed by atoms with Crippen LogP contribution in [0.25, 0.3) is 0 Å². The highest BCUT2D eigenvalue weighted by atomic mass is 31.2. The highest BCUT2D eigenvalue weighted by Gasteiger charge is 2.22. The second kappa shape index (κ2) is 80.9. The number of phosphoric acid groups is 1. The number of esters is 2. The fraction of sp³-hybridized carbons (Fsp3) is 0.553. The van der Waals surface area contributed by atoms with Gasteiger partial charge in [0.1, 0.15) is 19.8 Å². The number of carbonyl (C=O) groups is 2. The molecule has 0 bridgehead atoms. The zero-order chi connectivity index (χ0) is 75.4. The summed E-state index contributed by atoms with van der Waals surface area (Å²) in [4.78, 5) is 38.2. The molecule has 0 aliphatic carbocycles. The van der Waals surface area contributed by atoms with Gasteiger partial charge in [-0.15, -0.1) is 0 Å². The lowest BCUT2D eigenvalue weighted by Crippen LogP contribution is -2.37. The van der Waals surface area contributed by atoms with Crippen molar-refractivity contribution in [3.8, 4) is 0 Å². The van der Waals surface area contributed by atoms with Crippen LogP contribution < -0.4 is 4.89 Å². The maximum absolute atomic E-state index is 12.9. The van der Waals surface area contributed by atoms with Crippen molar-refractivity contribution >= 4 is 19.8 Å². The number of carbonyl (C=O) groups excluding carboxylic acids is 2. The number of quaternary nitrogens is 1. The Balaban J connectivity index is 4.12. The minimum absolute atomic E-state index is 0.0452. The van der Waals surface area contributed by atoms with Crippen LogP contribution >= 0.6 is 7.82 Å². The molecule has 0 fully saturated rings. The Hall–Kier alpha value is -6.19. The molecule has 0 saturated carbocycles. The summed E-state index contributed by atoms with van der Waals surface area (Å²) < 4.78 is 34.4. The quantitative estimate of drug-likeness (QED) is 0.0195. The molecule has 0 aromatic rings. The molecule has 0 rings (SSSR count). The molecule has 0 aliphatic rings. The summed E-state index contributed by atoms with van der Waals surface area (Å²) >= 11 is 0. The van der Waals surface area contributed by atoms with Gasteiger partial charge < -0.3 is 27.9 Å². The Morgan fingerprint density at radius 1 is 0.298 bits per heavy atom. The van der Waals surface area contributed by atoms with Gasteiger partial charge in [0.25, 0.3) is 7.82 Å². The van der Waals surface area contributed by atoms with E-state index in [0.29, 0.717) is 23.9 Å². The minimum Gasteiger partial charge on any atom is -0.756 e. The average molecular weight is 1450 g/mol. The van der Waals surface area contributed by atoms with Gasteiger partial charge in [-0.1, -0.05) is 347 Å². The molecule has 104 heavy (non-hydrogen) atoms. The Morgan fingerprint density at radius 2 is 0.519 bits per heavy atom. The third-order valence-electron chi connectivity index (χ3n) is 16.4. The Bertz CT molecular complexity index is 2670. The van der Waals surface area contributed by atoms with Gasteiger partial charge in [0.2, 0.25) is 0 Å². The van der Waals surface area contributed by atoms with Gasteiger partial charge in [0.05, 0.1) is 27.7 Å². The lowest BCUT2D eigenvalue weighted by atomic mass is 10.0. The molecular weight excluding hydrogens is 1300 g/mol. The van der Waals surface area contributed by atoms with Crippen LogP contribution in [0.1, 0.15) is 284 Å². The van der Waals surface area contributed by atoms with Gasteiger partial charge in [0, 0.05) is 12.8 Å². The molecule has 2 unspecified atom stereocenters. The van der Waals surface area contributed by atoms with Crippen LogP contribution in [0.4, 0.5) is 0 Å². The van der Waals surface area contributed by atoms with Crippen LogP contribution in [0.3, 0.4) is 0 Å². The number of hydrogen-bond acceptors (Lipinski definition) is 8. The predicted molar refractivity (Wildman–Crippen MR) is 451 cm³/mol. The van der Waals surface area contributed by atoms with Crippen molar-refractivity contribution in [3.63, 3.8) is 0 Å². The fourth-order valence-electron chi connectivity index (χ4n) is 10.2. The number of hydrogen-bond donors (Lipinski definition) is 0. The van der Waals surface area contributed by atoms with E-state index in [1.165, 1.54) is 64.2 Å². The van der Waals surface area contributed by atoms with Crippen LogP contribution in [0.15, 0.2) is 243 Å². The summed E-state index contributed by atoms with van der Waals surface area (Å²) in [6, 6.07) is 0. The summed E-state index contributed by atoms with van der Waals surface area (Å²) in [6.07, 6.45) is 131. The van der Waals surface area contributed by atoms with Crippen LogP contribution in [0.2, 0.25) is 0 Å². The predicted octanol–water partition coefficient (Wildman–Crippen LogP) is 27.2. The van der Waals surface area contributed by atoms with Gasteiger partial charge in [-0.3, -0.25) is 14.2 Å². The summed E-state index contributed by atoms with van der Waals surface area (Å²) in [5.74, 6) is -0.862. The first kappa shape index (κ1) is 97.8. The standard InChI is InChI=1S/C94H148NO8P/c1-6-8-10-12-14-16-18-20-22-24-26-28-30-32-34-36-38-40-42-44-46-47-49-51-53-55-57-59-61-63-65-67-69-71-73-75-77-79-81-83-85-87-94(97)103-92(91-102-104(98,99)101-89-88-95(3,4)5)90-100-93(96)86-84-82-80-78-76-74-72-70-68-66-64-62-60-58-56-54-52-50-48-45-43-41-39-37-35-33-31-29-27-25-23-21-19-17-15-13-11-9-7-2/h8-11,14-17,20-23,26-29,32-35,38-41,44-46,48-49,51-52,54-55,57-58,60-61,63-64,66,92H,6-7,12-13,18-19,24-25,30-31,36-37,42-43,47,50,53,56,59,62,65,67-91H2,1-5H3/b10-8-,11-9-,16-14-,17-15-,22-20-,23-21-,28-26-,29-27-,34-32-,35-33-,40-38-,41-39-,46-44-,48-45-,51-49-,54-52-,57-55-,60-58-,63-61-,66-64-. The maximum atomic E-state index is 12.9. The number of allylic oxidation sites excluding steroid dienone is 40. The Morgan fingerprint density at radius 3 is 0.769 bits per heavy atom. The topological polar surface area (TPSA) is 111 Å². The fourth-order valence-corrected chi connectivity index (χ4v) is 11.0. The highest BCUT2D eigenvalue weighted by Crippen LogP contribution is 2.38. The van der Waals surface area contributed by atoms with E-state index in [0.717, 1.165) is 180 Å². The molecule has 0 saturated heterocycles. The van der Waals surface area contributed by atoms with Gasteiger partial charge in [-0.05, 0) is 167 Å². The van der Waals surface area contributed by atoms with Gasteiger partial charge >= 0.3 is 11.9 Å². The molecule has 0 aromatic carbocycles. The number of nitrogens with zero attached hydrogens (tertiary/aromatic N) is 1. The number of ether oxygens (including phenoxy) is 2. The van der Waals surface area contributed by atoms with Crippen LogP contribution in [0, 0.1) is 0 Å². The molecule has 0 radical (unpaired) electrons. The number of phosphoric ester groups is 1. The molecule has 0 N–H and O–H groups in total. The van der Waals surface area contributed by atoms with E-state index < -0.39 is 32.5 Å². The molecule has 0 aromatic heterocycles. The van der Waals surface area contributed by atoms with E-state index in [4.69, 9.17) is 18.5 Å². The third-order valence-corrected chi connectivity index (χ3v) is 17.3. The number of likely N-dealkylation sites (N-methyl/N-ethyl adjacent to an activating group) is 1. The zero-order valence-corrected chi connectivity index (χ0v) is 67.3. The molecule has 9 nitrogen and oxygen atoms in total. The van der Waals surface area contributed by atoms with Crippen molar-refractivity contribution in [2.75, 3.05) is 47.5 Å². The third kappa shape index (κ3) is 84.7. The molecule has 0 amide bonds. The summed E-state index contributed by atoms with van der Waals surface area (Å²) in [5.41, 5.74) is 0. The molecule has 0 aliphatic heterocycles. The maximum Gasteiger partial charge on any atom is 0.306 e. The lowest BCUT2D eigenvalue weighted by molar-refractivity contribution is -0.870. The normalized spacial score (nSPS) is 14.3. The number of rotatable bonds is 72. The van der Waals surface area contributed by atoms with Crippen molar-refractivity contribution in [2.45, 2.75) is 290 Å². The zero-order valence-electron chi connectivity index (χ0n) is 66.4. The second-order valence-corrected chi connectivity index (χ2v) is 28.7.